The van der Waals surface area contributed by atoms with Gasteiger partial charge in [0.1, 0.15) is 5.76 Å². The summed E-state index contributed by atoms with van der Waals surface area (Å²) in [6.45, 7) is 6.65. The quantitative estimate of drug-likeness (QED) is 0.837. The molecule has 26 heavy (non-hydrogen) atoms. The molecule has 0 radical (unpaired) electrons. The first kappa shape index (κ1) is 18.9. The van der Waals surface area contributed by atoms with Gasteiger partial charge >= 0.3 is 0 Å². The third kappa shape index (κ3) is 5.08. The standard InChI is InChI=1S/C20H26ClN3O2/c1-14-19(15(2)26-23-14)9-10-20(25)22-18-4-3-11-24(13-18)12-16-5-7-17(21)8-6-16/h5-8,18H,3-4,9-13H2,1-2H3,(H,22,25)/t18-/m0/s1. The van der Waals surface area contributed by atoms with Crippen molar-refractivity contribution in [2.24, 2.45) is 0 Å². The van der Waals surface area contributed by atoms with Gasteiger partial charge in [0.15, 0.2) is 0 Å². The predicted octanol–water partition coefficient (Wildman–Crippen LogP) is 3.66. The van der Waals surface area contributed by atoms with Gasteiger partial charge < -0.3 is 9.84 Å². The summed E-state index contributed by atoms with van der Waals surface area (Å²) in [5, 5.41) is 7.90. The molecule has 3 rings (SSSR count). The van der Waals surface area contributed by atoms with Gasteiger partial charge in [0, 0.05) is 36.1 Å². The number of amides is 1. The van der Waals surface area contributed by atoms with Crippen molar-refractivity contribution in [1.29, 1.82) is 0 Å². The van der Waals surface area contributed by atoms with E-state index in [0.29, 0.717) is 12.8 Å². The summed E-state index contributed by atoms with van der Waals surface area (Å²) >= 11 is 5.95. The number of likely N-dealkylation sites (tertiary alicyclic amines) is 1. The summed E-state index contributed by atoms with van der Waals surface area (Å²) in [5.41, 5.74) is 3.18. The van der Waals surface area contributed by atoms with E-state index in [1.54, 1.807) is 0 Å². The highest BCUT2D eigenvalue weighted by atomic mass is 35.5. The van der Waals surface area contributed by atoms with E-state index in [-0.39, 0.29) is 11.9 Å². The van der Waals surface area contributed by atoms with Crippen LogP contribution in [0.5, 0.6) is 0 Å². The number of halogens is 1. The van der Waals surface area contributed by atoms with E-state index in [1.807, 2.05) is 26.0 Å². The van der Waals surface area contributed by atoms with Crippen LogP contribution in [0.1, 0.15) is 41.8 Å². The molecule has 0 bridgehead atoms. The second kappa shape index (κ2) is 8.69. The third-order valence-electron chi connectivity index (χ3n) is 4.97. The molecule has 0 unspecified atom stereocenters. The Labute approximate surface area is 159 Å². The van der Waals surface area contributed by atoms with Crippen LogP contribution in [-0.4, -0.2) is 35.1 Å². The molecule has 1 aromatic carbocycles. The van der Waals surface area contributed by atoms with Crippen LogP contribution >= 0.6 is 11.6 Å². The molecule has 6 heteroatoms. The molecule has 0 aliphatic carbocycles. The van der Waals surface area contributed by atoms with Crippen LogP contribution in [-0.2, 0) is 17.8 Å². The largest absolute Gasteiger partial charge is 0.361 e. The Kier molecular flexibility index (Phi) is 6.33. The minimum atomic E-state index is 0.100. The fourth-order valence-electron chi connectivity index (χ4n) is 3.56. The fraction of sp³-hybridized carbons (Fsp3) is 0.500. The Morgan fingerprint density at radius 1 is 1.35 bits per heavy atom. The highest BCUT2D eigenvalue weighted by molar-refractivity contribution is 6.30. The van der Waals surface area contributed by atoms with Crippen molar-refractivity contribution in [3.63, 3.8) is 0 Å². The maximum Gasteiger partial charge on any atom is 0.220 e. The van der Waals surface area contributed by atoms with Crippen molar-refractivity contribution in [3.8, 4) is 0 Å². The van der Waals surface area contributed by atoms with Crippen molar-refractivity contribution in [2.75, 3.05) is 13.1 Å². The molecule has 2 aromatic rings. The van der Waals surface area contributed by atoms with Gasteiger partial charge in [0.05, 0.1) is 5.69 Å². The zero-order valence-electron chi connectivity index (χ0n) is 15.4. The minimum Gasteiger partial charge on any atom is -0.361 e. The first-order chi connectivity index (χ1) is 12.5. The maximum absolute atomic E-state index is 12.3. The summed E-state index contributed by atoms with van der Waals surface area (Å²) in [5.74, 6) is 0.908. The first-order valence-electron chi connectivity index (χ1n) is 9.19. The molecular weight excluding hydrogens is 350 g/mol. The van der Waals surface area contributed by atoms with Crippen LogP contribution in [0.4, 0.5) is 0 Å². The van der Waals surface area contributed by atoms with Crippen LogP contribution in [0, 0.1) is 13.8 Å². The maximum atomic E-state index is 12.3. The fourth-order valence-corrected chi connectivity index (χ4v) is 3.69. The number of aryl methyl sites for hydroxylation is 2. The number of aromatic nitrogens is 1. The van der Waals surface area contributed by atoms with E-state index in [4.69, 9.17) is 16.1 Å². The molecule has 1 atom stereocenters. The number of hydrogen-bond donors (Lipinski definition) is 1. The summed E-state index contributed by atoms with van der Waals surface area (Å²) in [4.78, 5) is 14.7. The molecule has 1 amide bonds. The topological polar surface area (TPSA) is 58.4 Å². The summed E-state index contributed by atoms with van der Waals surface area (Å²) in [6, 6.07) is 8.19. The van der Waals surface area contributed by atoms with Crippen molar-refractivity contribution < 1.29 is 9.32 Å². The number of hydrogen-bond acceptors (Lipinski definition) is 4. The molecular formula is C20H26ClN3O2. The van der Waals surface area contributed by atoms with Crippen LogP contribution in [0.15, 0.2) is 28.8 Å². The molecule has 1 fully saturated rings. The Bertz CT molecular complexity index is 723. The number of carbonyl (C=O) groups is 1. The molecule has 140 valence electrons. The number of rotatable bonds is 6. The van der Waals surface area contributed by atoms with Crippen molar-refractivity contribution in [1.82, 2.24) is 15.4 Å². The predicted molar refractivity (Wildman–Crippen MR) is 102 cm³/mol. The average molecular weight is 376 g/mol. The van der Waals surface area contributed by atoms with Gasteiger partial charge in [-0.25, -0.2) is 0 Å². The van der Waals surface area contributed by atoms with Gasteiger partial charge in [-0.1, -0.05) is 28.9 Å². The van der Waals surface area contributed by atoms with Gasteiger partial charge in [0.2, 0.25) is 5.91 Å². The lowest BCUT2D eigenvalue weighted by atomic mass is 10.0. The summed E-state index contributed by atoms with van der Waals surface area (Å²) in [7, 11) is 0. The molecule has 1 aliphatic rings. The minimum absolute atomic E-state index is 0.100. The molecule has 1 saturated heterocycles. The van der Waals surface area contributed by atoms with Gasteiger partial charge in [-0.05, 0) is 57.4 Å². The van der Waals surface area contributed by atoms with E-state index >= 15 is 0 Å². The lowest BCUT2D eigenvalue weighted by molar-refractivity contribution is -0.122. The molecule has 5 nitrogen and oxygen atoms in total. The van der Waals surface area contributed by atoms with E-state index in [1.165, 1.54) is 5.56 Å². The molecule has 1 aromatic heterocycles. The highest BCUT2D eigenvalue weighted by Crippen LogP contribution is 2.17. The van der Waals surface area contributed by atoms with E-state index in [0.717, 1.165) is 54.5 Å². The Balaban J connectivity index is 1.46. The smallest absolute Gasteiger partial charge is 0.220 e. The van der Waals surface area contributed by atoms with Crippen molar-refractivity contribution >= 4 is 17.5 Å². The molecule has 0 spiro atoms. The van der Waals surface area contributed by atoms with Gasteiger partial charge in [0.25, 0.3) is 0 Å². The first-order valence-corrected chi connectivity index (χ1v) is 9.57. The highest BCUT2D eigenvalue weighted by Gasteiger charge is 2.21. The molecule has 2 heterocycles. The van der Waals surface area contributed by atoms with Gasteiger partial charge in [-0.15, -0.1) is 0 Å². The number of nitrogens with zero attached hydrogens (tertiary/aromatic N) is 2. The lowest BCUT2D eigenvalue weighted by Gasteiger charge is -2.33. The van der Waals surface area contributed by atoms with E-state index in [2.05, 4.69) is 27.5 Å². The number of carbonyl (C=O) groups excluding carboxylic acids is 1. The van der Waals surface area contributed by atoms with Crippen LogP contribution in [0.2, 0.25) is 5.02 Å². The van der Waals surface area contributed by atoms with Gasteiger partial charge in [-0.3, -0.25) is 9.69 Å². The van der Waals surface area contributed by atoms with Crippen molar-refractivity contribution in [3.05, 3.63) is 51.9 Å². The Morgan fingerprint density at radius 3 is 2.81 bits per heavy atom. The van der Waals surface area contributed by atoms with Gasteiger partial charge in [-0.2, -0.15) is 0 Å². The Hall–Kier alpha value is -1.85. The number of benzene rings is 1. The number of nitrogens with one attached hydrogen (secondary N) is 1. The average Bonchev–Trinajstić information content (AvgIpc) is 2.94. The Morgan fingerprint density at radius 2 is 2.12 bits per heavy atom. The molecule has 1 aliphatic heterocycles. The van der Waals surface area contributed by atoms with Crippen LogP contribution in [0.3, 0.4) is 0 Å². The van der Waals surface area contributed by atoms with Crippen molar-refractivity contribution in [2.45, 2.75) is 52.1 Å². The third-order valence-corrected chi connectivity index (χ3v) is 5.23. The summed E-state index contributed by atoms with van der Waals surface area (Å²) < 4.78 is 5.16. The van der Waals surface area contributed by atoms with E-state index in [9.17, 15) is 4.79 Å². The SMILES string of the molecule is Cc1noc(C)c1CCC(=O)N[C@H]1CCCN(Cc2ccc(Cl)cc2)C1. The normalized spacial score (nSPS) is 18.0. The molecule has 1 N–H and O–H groups in total. The second-order valence-electron chi connectivity index (χ2n) is 7.07. The number of piperidine rings is 1. The lowest BCUT2D eigenvalue weighted by Crippen LogP contribution is -2.47. The second-order valence-corrected chi connectivity index (χ2v) is 7.51. The molecule has 0 saturated carbocycles. The van der Waals surface area contributed by atoms with Crippen LogP contribution < -0.4 is 5.32 Å². The zero-order chi connectivity index (χ0) is 18.5. The van der Waals surface area contributed by atoms with Crippen LogP contribution in [0.25, 0.3) is 0 Å². The zero-order valence-corrected chi connectivity index (χ0v) is 16.2. The monoisotopic (exact) mass is 375 g/mol. The van der Waals surface area contributed by atoms with E-state index < -0.39 is 0 Å². The summed E-state index contributed by atoms with van der Waals surface area (Å²) in [6.07, 6.45) is 3.28.